The van der Waals surface area contributed by atoms with Crippen LogP contribution >= 0.6 is 0 Å². The highest BCUT2D eigenvalue weighted by atomic mass is 19.4. The average Bonchev–Trinajstić information content (AvgIpc) is 2.41. The Hall–Kier alpha value is -2.06. The Morgan fingerprint density at radius 1 is 1.30 bits per heavy atom. The highest BCUT2D eigenvalue weighted by molar-refractivity contribution is 5.74. The molecule has 2 N–H and O–H groups in total. The van der Waals surface area contributed by atoms with Crippen LogP contribution in [-0.4, -0.2) is 36.1 Å². The molecule has 1 aromatic heterocycles. The number of halogens is 3. The van der Waals surface area contributed by atoms with Crippen LogP contribution < -0.4 is 10.6 Å². The van der Waals surface area contributed by atoms with E-state index < -0.39 is 18.0 Å². The first-order valence-electron chi connectivity index (χ1n) is 5.87. The van der Waals surface area contributed by atoms with Gasteiger partial charge >= 0.3 is 12.1 Å². The van der Waals surface area contributed by atoms with Gasteiger partial charge in [-0.05, 0) is 6.42 Å². The van der Waals surface area contributed by atoms with Gasteiger partial charge in [-0.3, -0.25) is 4.79 Å². The van der Waals surface area contributed by atoms with E-state index >= 15 is 0 Å². The lowest BCUT2D eigenvalue weighted by molar-refractivity contribution is -0.144. The van der Waals surface area contributed by atoms with Crippen molar-refractivity contribution in [3.63, 3.8) is 0 Å². The number of esters is 1. The second kappa shape index (κ2) is 6.92. The molecule has 1 aromatic rings. The van der Waals surface area contributed by atoms with Crippen molar-refractivity contribution in [1.29, 1.82) is 0 Å². The maximum atomic E-state index is 12.7. The number of methoxy groups -OCH3 is 1. The number of anilines is 2. The number of aromatic nitrogens is 2. The lowest BCUT2D eigenvalue weighted by Crippen LogP contribution is -2.19. The second-order valence-corrected chi connectivity index (χ2v) is 3.82. The summed E-state index contributed by atoms with van der Waals surface area (Å²) in [6.07, 6.45) is -3.93. The van der Waals surface area contributed by atoms with E-state index in [9.17, 15) is 18.0 Å². The molecule has 0 saturated heterocycles. The van der Waals surface area contributed by atoms with Crippen LogP contribution in [0.1, 0.15) is 19.2 Å². The van der Waals surface area contributed by atoms with Gasteiger partial charge in [0.05, 0.1) is 7.11 Å². The van der Waals surface area contributed by atoms with Crippen molar-refractivity contribution in [2.24, 2.45) is 0 Å². The number of rotatable bonds is 6. The third-order valence-electron chi connectivity index (χ3n) is 2.18. The summed E-state index contributed by atoms with van der Waals surface area (Å²) >= 11 is 0. The first-order valence-corrected chi connectivity index (χ1v) is 5.87. The zero-order chi connectivity index (χ0) is 15.2. The van der Waals surface area contributed by atoms with Crippen LogP contribution in [-0.2, 0) is 15.7 Å². The number of ether oxygens (including phenoxy) is 1. The predicted octanol–water partition coefficient (Wildman–Crippen LogP) is 1.90. The minimum absolute atomic E-state index is 0.0431. The first-order chi connectivity index (χ1) is 9.36. The van der Waals surface area contributed by atoms with Crippen LogP contribution in [0.4, 0.5) is 24.8 Å². The van der Waals surface area contributed by atoms with Crippen LogP contribution in [0.15, 0.2) is 6.07 Å². The van der Waals surface area contributed by atoms with E-state index in [0.717, 1.165) is 6.42 Å². The van der Waals surface area contributed by atoms with Gasteiger partial charge in [-0.2, -0.15) is 13.2 Å². The molecule has 0 spiro atoms. The number of nitrogens with zero attached hydrogens (tertiary/aromatic N) is 2. The minimum Gasteiger partial charge on any atom is -0.468 e. The summed E-state index contributed by atoms with van der Waals surface area (Å²) in [4.78, 5) is 17.7. The molecule has 0 fully saturated rings. The van der Waals surface area contributed by atoms with Crippen molar-refractivity contribution in [1.82, 2.24) is 9.97 Å². The van der Waals surface area contributed by atoms with Crippen LogP contribution in [0.5, 0.6) is 0 Å². The maximum absolute atomic E-state index is 12.7. The van der Waals surface area contributed by atoms with E-state index in [1.807, 2.05) is 6.92 Å². The molecule has 1 rings (SSSR count). The van der Waals surface area contributed by atoms with Crippen LogP contribution in [0, 0.1) is 0 Å². The molecular formula is C11H15F3N4O2. The third-order valence-corrected chi connectivity index (χ3v) is 2.18. The van der Waals surface area contributed by atoms with Gasteiger partial charge in [-0.15, -0.1) is 0 Å². The Morgan fingerprint density at radius 3 is 2.40 bits per heavy atom. The van der Waals surface area contributed by atoms with Gasteiger partial charge in [0.2, 0.25) is 5.82 Å². The van der Waals surface area contributed by atoms with Crippen molar-refractivity contribution >= 4 is 17.6 Å². The molecule has 0 aliphatic carbocycles. The summed E-state index contributed by atoms with van der Waals surface area (Å²) in [5.41, 5.74) is 0. The quantitative estimate of drug-likeness (QED) is 0.780. The molecule has 0 saturated carbocycles. The molecule has 112 valence electrons. The van der Waals surface area contributed by atoms with Gasteiger partial charge in [-0.25, -0.2) is 9.97 Å². The van der Waals surface area contributed by atoms with Gasteiger partial charge in [-0.1, -0.05) is 6.92 Å². The number of carbonyl (C=O) groups excluding carboxylic acids is 1. The van der Waals surface area contributed by atoms with Crippen molar-refractivity contribution in [2.75, 3.05) is 30.8 Å². The van der Waals surface area contributed by atoms with Crippen molar-refractivity contribution < 1.29 is 22.7 Å². The SMILES string of the molecule is CCCNc1cc(NCC(=O)OC)nc(C(F)(F)F)n1. The number of alkyl halides is 3. The normalized spacial score (nSPS) is 11.1. The lowest BCUT2D eigenvalue weighted by Gasteiger charge is -2.12. The zero-order valence-electron chi connectivity index (χ0n) is 11.0. The van der Waals surface area contributed by atoms with E-state index in [4.69, 9.17) is 0 Å². The molecule has 0 aliphatic heterocycles. The summed E-state index contributed by atoms with van der Waals surface area (Å²) in [5, 5.41) is 5.20. The fraction of sp³-hybridized carbons (Fsp3) is 0.545. The number of hydrogen-bond acceptors (Lipinski definition) is 6. The van der Waals surface area contributed by atoms with E-state index in [1.54, 1.807) is 0 Å². The maximum Gasteiger partial charge on any atom is 0.451 e. The first kappa shape index (κ1) is 16.0. The van der Waals surface area contributed by atoms with Gasteiger partial charge in [0, 0.05) is 12.6 Å². The van der Waals surface area contributed by atoms with Gasteiger partial charge in [0.1, 0.15) is 18.2 Å². The molecule has 0 amide bonds. The molecule has 1 heterocycles. The lowest BCUT2D eigenvalue weighted by atomic mass is 10.4. The molecule has 6 nitrogen and oxygen atoms in total. The van der Waals surface area contributed by atoms with E-state index in [1.165, 1.54) is 13.2 Å². The molecule has 0 bridgehead atoms. The molecular weight excluding hydrogens is 277 g/mol. The summed E-state index contributed by atoms with van der Waals surface area (Å²) in [6.45, 7) is 2.07. The van der Waals surface area contributed by atoms with E-state index in [-0.39, 0.29) is 18.2 Å². The summed E-state index contributed by atoms with van der Waals surface area (Å²) in [5.74, 6) is -1.94. The second-order valence-electron chi connectivity index (χ2n) is 3.82. The highest BCUT2D eigenvalue weighted by Gasteiger charge is 2.35. The molecule has 0 atom stereocenters. The smallest absolute Gasteiger partial charge is 0.451 e. The van der Waals surface area contributed by atoms with Crippen molar-refractivity contribution in [3.05, 3.63) is 11.9 Å². The Bertz CT molecular complexity index is 465. The average molecular weight is 292 g/mol. The topological polar surface area (TPSA) is 76.1 Å². The Balaban J connectivity index is 2.94. The van der Waals surface area contributed by atoms with Crippen molar-refractivity contribution in [2.45, 2.75) is 19.5 Å². The van der Waals surface area contributed by atoms with E-state index in [0.29, 0.717) is 6.54 Å². The van der Waals surface area contributed by atoms with Crippen LogP contribution in [0.3, 0.4) is 0 Å². The standard InChI is InChI=1S/C11H15F3N4O2/c1-3-4-15-7-5-8(16-6-9(19)20-2)18-10(17-7)11(12,13)14/h5H,3-4,6H2,1-2H3,(H2,15,16,17,18). The summed E-state index contributed by atoms with van der Waals surface area (Å²) < 4.78 is 42.4. The predicted molar refractivity (Wildman–Crippen MR) is 66.3 cm³/mol. The Morgan fingerprint density at radius 2 is 1.90 bits per heavy atom. The monoisotopic (exact) mass is 292 g/mol. The number of carbonyl (C=O) groups is 1. The summed E-state index contributed by atoms with van der Waals surface area (Å²) in [7, 11) is 1.18. The Kier molecular flexibility index (Phi) is 5.53. The number of hydrogen-bond donors (Lipinski definition) is 2. The number of nitrogens with one attached hydrogen (secondary N) is 2. The molecule has 0 aliphatic rings. The highest BCUT2D eigenvalue weighted by Crippen LogP contribution is 2.28. The van der Waals surface area contributed by atoms with Gasteiger partial charge in [0.15, 0.2) is 0 Å². The van der Waals surface area contributed by atoms with Crippen LogP contribution in [0.25, 0.3) is 0 Å². The van der Waals surface area contributed by atoms with E-state index in [2.05, 4.69) is 25.3 Å². The molecule has 9 heteroatoms. The fourth-order valence-corrected chi connectivity index (χ4v) is 1.24. The van der Waals surface area contributed by atoms with Gasteiger partial charge in [0.25, 0.3) is 0 Å². The summed E-state index contributed by atoms with van der Waals surface area (Å²) in [6, 6.07) is 1.30. The zero-order valence-corrected chi connectivity index (χ0v) is 11.0. The van der Waals surface area contributed by atoms with Gasteiger partial charge < -0.3 is 15.4 Å². The molecule has 20 heavy (non-hydrogen) atoms. The fourth-order valence-electron chi connectivity index (χ4n) is 1.24. The molecule has 0 aromatic carbocycles. The van der Waals surface area contributed by atoms with Crippen molar-refractivity contribution in [3.8, 4) is 0 Å². The molecule has 0 unspecified atom stereocenters. The Labute approximate surface area is 113 Å². The van der Waals surface area contributed by atoms with Crippen LogP contribution in [0.2, 0.25) is 0 Å². The molecule has 0 radical (unpaired) electrons. The third kappa shape index (κ3) is 4.90. The largest absolute Gasteiger partial charge is 0.468 e. The minimum atomic E-state index is -4.66.